The van der Waals surface area contributed by atoms with E-state index in [1.54, 1.807) is 0 Å². The maximum Gasteiger partial charge on any atom is 0.0406 e. The maximum absolute atomic E-state index is 5.89. The number of rotatable bonds is 4. The highest BCUT2D eigenvalue weighted by molar-refractivity contribution is 6.30. The molecule has 0 saturated heterocycles. The summed E-state index contributed by atoms with van der Waals surface area (Å²) < 4.78 is 0. The Morgan fingerprint density at radius 1 is 0.944 bits per heavy atom. The number of nitrogens with one attached hydrogen (secondary N) is 1. The molecule has 0 bridgehead atoms. The maximum atomic E-state index is 5.89. The van der Waals surface area contributed by atoms with Gasteiger partial charge in [0.2, 0.25) is 0 Å². The van der Waals surface area contributed by atoms with Gasteiger partial charge in [-0.25, -0.2) is 0 Å². The van der Waals surface area contributed by atoms with E-state index in [9.17, 15) is 0 Å². The highest BCUT2D eigenvalue weighted by Gasteiger charge is 2.09. The van der Waals surface area contributed by atoms with Crippen LogP contribution in [-0.2, 0) is 6.42 Å². The lowest BCUT2D eigenvalue weighted by atomic mass is 9.96. The summed E-state index contributed by atoms with van der Waals surface area (Å²) in [7, 11) is 0. The van der Waals surface area contributed by atoms with Crippen molar-refractivity contribution in [3.05, 3.63) is 34.9 Å². The lowest BCUT2D eigenvalue weighted by Gasteiger charge is -2.21. The van der Waals surface area contributed by atoms with Crippen LogP contribution < -0.4 is 5.32 Å². The first-order chi connectivity index (χ1) is 8.84. The number of hydrogen-bond acceptors (Lipinski definition) is 1. The van der Waals surface area contributed by atoms with Gasteiger partial charge in [-0.1, -0.05) is 55.8 Å². The summed E-state index contributed by atoms with van der Waals surface area (Å²) in [5.74, 6) is 0. The Hall–Kier alpha value is -0.530. The van der Waals surface area contributed by atoms with Crippen LogP contribution in [0.5, 0.6) is 0 Å². The van der Waals surface area contributed by atoms with Gasteiger partial charge in [-0.05, 0) is 43.5 Å². The van der Waals surface area contributed by atoms with E-state index in [0.717, 1.165) is 24.0 Å². The molecular weight excluding hydrogens is 242 g/mol. The summed E-state index contributed by atoms with van der Waals surface area (Å²) in [4.78, 5) is 0. The molecule has 0 heterocycles. The predicted octanol–water partition coefficient (Wildman–Crippen LogP) is 4.59. The molecule has 0 spiro atoms. The van der Waals surface area contributed by atoms with Crippen LogP contribution in [0.3, 0.4) is 0 Å². The molecule has 1 saturated carbocycles. The number of hydrogen-bond donors (Lipinski definition) is 1. The normalized spacial score (nSPS) is 18.3. The van der Waals surface area contributed by atoms with Crippen LogP contribution in [0.2, 0.25) is 5.02 Å². The van der Waals surface area contributed by atoms with Gasteiger partial charge >= 0.3 is 0 Å². The van der Waals surface area contributed by atoms with Gasteiger partial charge in [0.05, 0.1) is 0 Å². The third-order valence-electron chi connectivity index (χ3n) is 3.87. The molecule has 0 aliphatic heterocycles. The van der Waals surface area contributed by atoms with Gasteiger partial charge in [0.1, 0.15) is 0 Å². The fourth-order valence-electron chi connectivity index (χ4n) is 2.73. The van der Waals surface area contributed by atoms with Crippen LogP contribution in [0, 0.1) is 0 Å². The summed E-state index contributed by atoms with van der Waals surface area (Å²) in [5, 5.41) is 4.55. The van der Waals surface area contributed by atoms with Gasteiger partial charge in [0.25, 0.3) is 0 Å². The van der Waals surface area contributed by atoms with Crippen LogP contribution in [0.25, 0.3) is 0 Å². The van der Waals surface area contributed by atoms with E-state index < -0.39 is 0 Å². The van der Waals surface area contributed by atoms with E-state index in [4.69, 9.17) is 11.6 Å². The predicted molar refractivity (Wildman–Crippen MR) is 79.3 cm³/mol. The average molecular weight is 266 g/mol. The Morgan fingerprint density at radius 3 is 2.22 bits per heavy atom. The molecule has 0 amide bonds. The van der Waals surface area contributed by atoms with Crippen molar-refractivity contribution < 1.29 is 0 Å². The second kappa shape index (κ2) is 7.81. The van der Waals surface area contributed by atoms with Crippen molar-refractivity contribution >= 4 is 11.6 Å². The van der Waals surface area contributed by atoms with Crippen molar-refractivity contribution in [2.75, 3.05) is 6.54 Å². The second-order valence-electron chi connectivity index (χ2n) is 5.37. The summed E-state index contributed by atoms with van der Waals surface area (Å²) in [6, 6.07) is 8.96. The van der Waals surface area contributed by atoms with Crippen LogP contribution in [0.1, 0.15) is 50.5 Å². The molecule has 0 unspecified atom stereocenters. The van der Waals surface area contributed by atoms with E-state index in [2.05, 4.69) is 17.4 Å². The third kappa shape index (κ3) is 4.99. The first-order valence-corrected chi connectivity index (χ1v) is 7.70. The molecule has 1 N–H and O–H groups in total. The molecule has 1 aliphatic carbocycles. The minimum absolute atomic E-state index is 0.748. The second-order valence-corrected chi connectivity index (χ2v) is 5.81. The fraction of sp³-hybridized carbons (Fsp3) is 0.625. The van der Waals surface area contributed by atoms with Crippen molar-refractivity contribution in [1.29, 1.82) is 0 Å². The average Bonchev–Trinajstić information content (AvgIpc) is 2.34. The molecule has 1 fully saturated rings. The topological polar surface area (TPSA) is 12.0 Å². The standard InChI is InChI=1S/C16H24ClN/c17-15-10-8-14(9-11-15)12-13-18-16-6-4-2-1-3-5-7-16/h8-11,16,18H,1-7,12-13H2. The minimum Gasteiger partial charge on any atom is -0.314 e. The minimum atomic E-state index is 0.748. The van der Waals surface area contributed by atoms with Gasteiger partial charge in [-0.3, -0.25) is 0 Å². The Balaban J connectivity index is 1.68. The van der Waals surface area contributed by atoms with Gasteiger partial charge in [-0.2, -0.15) is 0 Å². The van der Waals surface area contributed by atoms with Crippen molar-refractivity contribution in [1.82, 2.24) is 5.32 Å². The fourth-order valence-corrected chi connectivity index (χ4v) is 2.86. The van der Waals surface area contributed by atoms with Crippen molar-refractivity contribution in [2.24, 2.45) is 0 Å². The first-order valence-electron chi connectivity index (χ1n) is 7.32. The molecule has 1 nitrogen and oxygen atoms in total. The van der Waals surface area contributed by atoms with Crippen LogP contribution in [-0.4, -0.2) is 12.6 Å². The summed E-state index contributed by atoms with van der Waals surface area (Å²) in [5.41, 5.74) is 1.37. The third-order valence-corrected chi connectivity index (χ3v) is 4.12. The van der Waals surface area contributed by atoms with E-state index in [1.165, 1.54) is 50.5 Å². The monoisotopic (exact) mass is 265 g/mol. The van der Waals surface area contributed by atoms with E-state index in [0.29, 0.717) is 0 Å². The lowest BCUT2D eigenvalue weighted by Crippen LogP contribution is -2.31. The van der Waals surface area contributed by atoms with Crippen LogP contribution >= 0.6 is 11.6 Å². The molecule has 100 valence electrons. The highest BCUT2D eigenvalue weighted by atomic mass is 35.5. The molecule has 18 heavy (non-hydrogen) atoms. The van der Waals surface area contributed by atoms with E-state index in [1.807, 2.05) is 12.1 Å². The van der Waals surface area contributed by atoms with Gasteiger partial charge in [-0.15, -0.1) is 0 Å². The molecule has 1 aromatic rings. The smallest absolute Gasteiger partial charge is 0.0406 e. The quantitative estimate of drug-likeness (QED) is 0.840. The molecule has 0 radical (unpaired) electrons. The molecule has 1 aliphatic rings. The summed E-state index contributed by atoms with van der Waals surface area (Å²) in [6.07, 6.45) is 10.9. The van der Waals surface area contributed by atoms with Gasteiger partial charge < -0.3 is 5.32 Å². The summed E-state index contributed by atoms with van der Waals surface area (Å²) >= 11 is 5.89. The lowest BCUT2D eigenvalue weighted by molar-refractivity contribution is 0.392. The first kappa shape index (κ1) is 13.9. The van der Waals surface area contributed by atoms with Crippen molar-refractivity contribution in [2.45, 2.75) is 57.4 Å². The van der Waals surface area contributed by atoms with Crippen LogP contribution in [0.4, 0.5) is 0 Å². The highest BCUT2D eigenvalue weighted by Crippen LogP contribution is 2.17. The molecule has 1 aromatic carbocycles. The zero-order valence-electron chi connectivity index (χ0n) is 11.1. The number of benzene rings is 1. The molecule has 0 aromatic heterocycles. The molecule has 0 atom stereocenters. The van der Waals surface area contributed by atoms with E-state index >= 15 is 0 Å². The molecule has 2 heteroatoms. The number of halogens is 1. The Kier molecular flexibility index (Phi) is 6.02. The molecular formula is C16H24ClN. The zero-order chi connectivity index (χ0) is 12.6. The van der Waals surface area contributed by atoms with Crippen LogP contribution in [0.15, 0.2) is 24.3 Å². The van der Waals surface area contributed by atoms with Crippen molar-refractivity contribution in [3.63, 3.8) is 0 Å². The Morgan fingerprint density at radius 2 is 1.56 bits per heavy atom. The SMILES string of the molecule is Clc1ccc(CCNC2CCCCCCC2)cc1. The zero-order valence-corrected chi connectivity index (χ0v) is 11.9. The Bertz CT molecular complexity index is 325. The van der Waals surface area contributed by atoms with Crippen molar-refractivity contribution in [3.8, 4) is 0 Å². The van der Waals surface area contributed by atoms with Gasteiger partial charge in [0, 0.05) is 11.1 Å². The van der Waals surface area contributed by atoms with E-state index in [-0.39, 0.29) is 0 Å². The Labute approximate surface area is 116 Å². The summed E-state index contributed by atoms with van der Waals surface area (Å²) in [6.45, 7) is 1.09. The molecule has 2 rings (SSSR count). The van der Waals surface area contributed by atoms with Gasteiger partial charge in [0.15, 0.2) is 0 Å². The largest absolute Gasteiger partial charge is 0.314 e.